The van der Waals surface area contributed by atoms with Gasteiger partial charge >= 0.3 is 5.97 Å². The van der Waals surface area contributed by atoms with Crippen LogP contribution in [0, 0.1) is 10.1 Å². The fourth-order valence-corrected chi connectivity index (χ4v) is 1.98. The number of carbonyl (C=O) groups is 1. The average molecular weight is 282 g/mol. The number of benzene rings is 2. The molecule has 3 rings (SSSR count). The van der Waals surface area contributed by atoms with E-state index in [-0.39, 0.29) is 11.4 Å². The van der Waals surface area contributed by atoms with Crippen LogP contribution in [0.1, 0.15) is 10.5 Å². The summed E-state index contributed by atoms with van der Waals surface area (Å²) in [5.41, 5.74) is 1.11. The third-order valence-electron chi connectivity index (χ3n) is 3.01. The van der Waals surface area contributed by atoms with Gasteiger partial charge in [-0.3, -0.25) is 10.1 Å². The van der Waals surface area contributed by atoms with Crippen LogP contribution in [0.3, 0.4) is 0 Å². The molecule has 0 radical (unpaired) electrons. The summed E-state index contributed by atoms with van der Waals surface area (Å²) in [4.78, 5) is 25.0. The van der Waals surface area contributed by atoms with Crippen molar-refractivity contribution in [1.29, 1.82) is 0 Å². The van der Waals surface area contributed by atoms with E-state index < -0.39 is 10.9 Å². The summed E-state index contributed by atoms with van der Waals surface area (Å²) in [6.45, 7) is 0. The minimum Gasteiger partial charge on any atom is -0.422 e. The van der Waals surface area contributed by atoms with Gasteiger partial charge in [0, 0.05) is 23.0 Å². The number of H-pyrrole nitrogens is 1. The van der Waals surface area contributed by atoms with Gasteiger partial charge in [-0.2, -0.15) is 0 Å². The van der Waals surface area contributed by atoms with Crippen molar-refractivity contribution in [2.24, 2.45) is 0 Å². The summed E-state index contributed by atoms with van der Waals surface area (Å²) in [5.74, 6) is -0.288. The van der Waals surface area contributed by atoms with E-state index in [0.717, 1.165) is 10.9 Å². The largest absolute Gasteiger partial charge is 0.422 e. The number of rotatable bonds is 3. The summed E-state index contributed by atoms with van der Waals surface area (Å²) >= 11 is 0. The zero-order valence-electron chi connectivity index (χ0n) is 10.8. The van der Waals surface area contributed by atoms with Crippen LogP contribution in [0.2, 0.25) is 0 Å². The third-order valence-corrected chi connectivity index (χ3v) is 3.01. The molecular formula is C15H10N2O4. The minimum absolute atomic E-state index is 0.0552. The van der Waals surface area contributed by atoms with Crippen LogP contribution in [0.4, 0.5) is 5.69 Å². The number of nitro groups is 1. The molecule has 3 aromatic rings. The van der Waals surface area contributed by atoms with E-state index in [4.69, 9.17) is 4.74 Å². The van der Waals surface area contributed by atoms with Crippen molar-refractivity contribution in [3.8, 4) is 5.75 Å². The molecule has 0 bridgehead atoms. The van der Waals surface area contributed by atoms with E-state index in [2.05, 4.69) is 4.98 Å². The van der Waals surface area contributed by atoms with Gasteiger partial charge in [-0.15, -0.1) is 0 Å². The number of nitro benzene ring substituents is 1. The SMILES string of the molecule is O=C(Oc1ccc([N+](=O)[O-])cc1)c1cc2ccccc2[nH]1. The highest BCUT2D eigenvalue weighted by molar-refractivity contribution is 5.95. The summed E-state index contributed by atoms with van der Waals surface area (Å²) in [5, 5.41) is 11.5. The van der Waals surface area contributed by atoms with E-state index in [1.807, 2.05) is 24.3 Å². The standard InChI is InChI=1S/C15H10N2O4/c18-15(14-9-10-3-1-2-4-13(10)16-14)21-12-7-5-11(6-8-12)17(19)20/h1-9,16H. The smallest absolute Gasteiger partial charge is 0.360 e. The van der Waals surface area contributed by atoms with Gasteiger partial charge in [-0.25, -0.2) is 4.79 Å². The number of ether oxygens (including phenoxy) is 1. The van der Waals surface area contributed by atoms with Crippen LogP contribution >= 0.6 is 0 Å². The molecule has 0 spiro atoms. The second kappa shape index (κ2) is 5.09. The zero-order valence-corrected chi connectivity index (χ0v) is 10.8. The van der Waals surface area contributed by atoms with Gasteiger partial charge in [0.05, 0.1) is 4.92 Å². The Morgan fingerprint density at radius 3 is 2.48 bits per heavy atom. The number of hydrogen-bond acceptors (Lipinski definition) is 4. The Bertz CT molecular complexity index is 788. The first-order valence-corrected chi connectivity index (χ1v) is 6.18. The minimum atomic E-state index is -0.542. The maximum atomic E-state index is 12.0. The van der Waals surface area contributed by atoms with Crippen molar-refractivity contribution in [1.82, 2.24) is 4.98 Å². The van der Waals surface area contributed by atoms with Gasteiger partial charge in [-0.1, -0.05) is 18.2 Å². The first-order valence-electron chi connectivity index (χ1n) is 6.18. The Labute approximate surface area is 119 Å². The molecule has 0 saturated carbocycles. The Morgan fingerprint density at radius 1 is 1.10 bits per heavy atom. The fourth-order valence-electron chi connectivity index (χ4n) is 1.98. The molecule has 6 heteroatoms. The highest BCUT2D eigenvalue weighted by Gasteiger charge is 2.12. The lowest BCUT2D eigenvalue weighted by Crippen LogP contribution is -2.08. The predicted molar refractivity (Wildman–Crippen MR) is 76.4 cm³/mol. The highest BCUT2D eigenvalue weighted by Crippen LogP contribution is 2.20. The second-order valence-corrected chi connectivity index (χ2v) is 4.41. The van der Waals surface area contributed by atoms with Crippen molar-refractivity contribution in [3.05, 3.63) is 70.4 Å². The van der Waals surface area contributed by atoms with E-state index >= 15 is 0 Å². The number of aromatic nitrogens is 1. The number of para-hydroxylation sites is 1. The molecule has 0 aliphatic heterocycles. The van der Waals surface area contributed by atoms with Crippen molar-refractivity contribution in [2.45, 2.75) is 0 Å². The van der Waals surface area contributed by atoms with Gasteiger partial charge in [0.2, 0.25) is 0 Å². The summed E-state index contributed by atoms with van der Waals surface area (Å²) in [7, 11) is 0. The Kier molecular flexibility index (Phi) is 3.12. The molecule has 1 N–H and O–H groups in total. The topological polar surface area (TPSA) is 85.2 Å². The molecule has 0 fully saturated rings. The van der Waals surface area contributed by atoms with E-state index in [9.17, 15) is 14.9 Å². The quantitative estimate of drug-likeness (QED) is 0.345. The van der Waals surface area contributed by atoms with Gasteiger partial charge in [0.15, 0.2) is 0 Å². The van der Waals surface area contributed by atoms with Gasteiger partial charge in [-0.05, 0) is 24.3 Å². The van der Waals surface area contributed by atoms with Crippen molar-refractivity contribution >= 4 is 22.6 Å². The zero-order chi connectivity index (χ0) is 14.8. The number of non-ortho nitro benzene ring substituents is 1. The molecule has 2 aromatic carbocycles. The third kappa shape index (κ3) is 2.59. The predicted octanol–water partition coefficient (Wildman–Crippen LogP) is 3.30. The lowest BCUT2D eigenvalue weighted by Gasteiger charge is -2.02. The Morgan fingerprint density at radius 2 is 1.81 bits per heavy atom. The molecule has 1 aromatic heterocycles. The number of carbonyl (C=O) groups excluding carboxylic acids is 1. The number of nitrogens with one attached hydrogen (secondary N) is 1. The Balaban J connectivity index is 1.80. The maximum absolute atomic E-state index is 12.0. The summed E-state index contributed by atoms with van der Waals surface area (Å²) < 4.78 is 5.17. The number of nitrogens with zero attached hydrogens (tertiary/aromatic N) is 1. The number of esters is 1. The lowest BCUT2D eigenvalue weighted by atomic mass is 10.2. The second-order valence-electron chi connectivity index (χ2n) is 4.41. The molecule has 0 amide bonds. The van der Waals surface area contributed by atoms with Crippen LogP contribution < -0.4 is 4.74 Å². The molecule has 0 aliphatic rings. The molecular weight excluding hydrogens is 272 g/mol. The number of hydrogen-bond donors (Lipinski definition) is 1. The van der Waals surface area contributed by atoms with Crippen molar-refractivity contribution in [2.75, 3.05) is 0 Å². The van der Waals surface area contributed by atoms with Crippen LogP contribution in [0.15, 0.2) is 54.6 Å². The molecule has 0 unspecified atom stereocenters. The van der Waals surface area contributed by atoms with Crippen LogP contribution in [0.25, 0.3) is 10.9 Å². The molecule has 104 valence electrons. The van der Waals surface area contributed by atoms with Crippen LogP contribution in [0.5, 0.6) is 5.75 Å². The first kappa shape index (κ1) is 12.9. The normalized spacial score (nSPS) is 10.5. The summed E-state index contributed by atoms with van der Waals surface area (Å²) in [6, 6.07) is 14.5. The van der Waals surface area contributed by atoms with E-state index in [0.29, 0.717) is 5.69 Å². The number of fused-ring (bicyclic) bond motifs is 1. The van der Waals surface area contributed by atoms with Gasteiger partial charge < -0.3 is 9.72 Å². The van der Waals surface area contributed by atoms with Crippen LogP contribution in [-0.2, 0) is 0 Å². The molecule has 21 heavy (non-hydrogen) atoms. The highest BCUT2D eigenvalue weighted by atomic mass is 16.6. The first-order chi connectivity index (χ1) is 10.1. The van der Waals surface area contributed by atoms with E-state index in [1.54, 1.807) is 6.07 Å². The molecule has 0 aliphatic carbocycles. The molecule has 0 saturated heterocycles. The Hall–Kier alpha value is -3.15. The molecule has 6 nitrogen and oxygen atoms in total. The maximum Gasteiger partial charge on any atom is 0.360 e. The van der Waals surface area contributed by atoms with E-state index in [1.165, 1.54) is 24.3 Å². The van der Waals surface area contributed by atoms with Gasteiger partial charge in [0.1, 0.15) is 11.4 Å². The van der Waals surface area contributed by atoms with Crippen molar-refractivity contribution < 1.29 is 14.5 Å². The van der Waals surface area contributed by atoms with Gasteiger partial charge in [0.25, 0.3) is 5.69 Å². The lowest BCUT2D eigenvalue weighted by molar-refractivity contribution is -0.384. The monoisotopic (exact) mass is 282 g/mol. The number of aromatic amines is 1. The molecule has 0 atom stereocenters. The fraction of sp³-hybridized carbons (Fsp3) is 0. The van der Waals surface area contributed by atoms with Crippen molar-refractivity contribution in [3.63, 3.8) is 0 Å². The molecule has 1 heterocycles. The summed E-state index contributed by atoms with van der Waals surface area (Å²) in [6.07, 6.45) is 0. The van der Waals surface area contributed by atoms with Crippen LogP contribution in [-0.4, -0.2) is 15.9 Å². The average Bonchev–Trinajstić information content (AvgIpc) is 2.92.